The van der Waals surface area contributed by atoms with Gasteiger partial charge in [-0.15, -0.1) is 22.7 Å². The van der Waals surface area contributed by atoms with Gasteiger partial charge in [0.2, 0.25) is 11.9 Å². The van der Waals surface area contributed by atoms with E-state index in [1.807, 2.05) is 18.2 Å². The Morgan fingerprint density at radius 1 is 0.605 bits per heavy atom. The van der Waals surface area contributed by atoms with Crippen LogP contribution in [-0.2, 0) is 25.5 Å². The molecule has 6 rings (SSSR count). The van der Waals surface area contributed by atoms with Crippen LogP contribution in [0.2, 0.25) is 10.0 Å². The second kappa shape index (κ2) is 29.3. The van der Waals surface area contributed by atoms with Crippen LogP contribution in [0.5, 0.6) is 11.5 Å². The molecule has 4 aromatic heterocycles. The molecule has 76 heavy (non-hydrogen) atoms. The Kier molecular flexibility index (Phi) is 22.8. The van der Waals surface area contributed by atoms with E-state index in [2.05, 4.69) is 63.7 Å². The van der Waals surface area contributed by atoms with E-state index in [1.165, 1.54) is 36.9 Å². The van der Waals surface area contributed by atoms with E-state index in [9.17, 15) is 28.8 Å². The number of hydrogen-bond donors (Lipinski definition) is 6. The quantitative estimate of drug-likeness (QED) is 0.0254. The maximum atomic E-state index is 13.1. The highest BCUT2D eigenvalue weighted by molar-refractivity contribution is 7.12. The van der Waals surface area contributed by atoms with Crippen LogP contribution in [0.15, 0.2) is 71.4 Å². The summed E-state index contributed by atoms with van der Waals surface area (Å²) in [5.74, 6) is 4.80. The Morgan fingerprint density at radius 2 is 1.07 bits per heavy atom. The first kappa shape index (κ1) is 59.0. The summed E-state index contributed by atoms with van der Waals surface area (Å²) in [5, 5.41) is 21.4. The van der Waals surface area contributed by atoms with Gasteiger partial charge in [-0.1, -0.05) is 47.2 Å². The summed E-state index contributed by atoms with van der Waals surface area (Å²) in [5.41, 5.74) is 3.75. The lowest BCUT2D eigenvalue weighted by Gasteiger charge is -2.18. The van der Waals surface area contributed by atoms with E-state index in [4.69, 9.17) is 42.1 Å². The van der Waals surface area contributed by atoms with Gasteiger partial charge in [0, 0.05) is 30.2 Å². The average molecular weight is 1120 g/mol. The first-order chi connectivity index (χ1) is 36.5. The fourth-order valence-corrected chi connectivity index (χ4v) is 8.75. The third-order valence-electron chi connectivity index (χ3n) is 10.9. The smallest absolute Gasteiger partial charge is 0.330 e. The summed E-state index contributed by atoms with van der Waals surface area (Å²) in [6, 6.07) is 15.4. The molecule has 0 bridgehead atoms. The van der Waals surface area contributed by atoms with Gasteiger partial charge < -0.3 is 50.8 Å². The van der Waals surface area contributed by atoms with E-state index in [0.717, 1.165) is 24.2 Å². The van der Waals surface area contributed by atoms with Crippen LogP contribution in [0.25, 0.3) is 0 Å². The Hall–Kier alpha value is -7.84. The van der Waals surface area contributed by atoms with Crippen molar-refractivity contribution in [3.63, 3.8) is 0 Å². The summed E-state index contributed by atoms with van der Waals surface area (Å²) >= 11 is 15.0. The number of esters is 2. The van der Waals surface area contributed by atoms with Crippen LogP contribution in [0.1, 0.15) is 80.4 Å². The van der Waals surface area contributed by atoms with Gasteiger partial charge in [0.05, 0.1) is 83.7 Å². The van der Waals surface area contributed by atoms with Gasteiger partial charge >= 0.3 is 11.9 Å². The summed E-state index contributed by atoms with van der Waals surface area (Å²) in [7, 11) is 5.59. The lowest BCUT2D eigenvalue weighted by Crippen LogP contribution is -2.49. The second-order valence-corrected chi connectivity index (χ2v) is 18.9. The van der Waals surface area contributed by atoms with Gasteiger partial charge in [-0.3, -0.25) is 19.2 Å². The molecule has 0 saturated heterocycles. The summed E-state index contributed by atoms with van der Waals surface area (Å²) in [6.07, 6.45) is 1.51. The Bertz CT molecular complexity index is 3030. The summed E-state index contributed by atoms with van der Waals surface area (Å²) < 4.78 is 20.0. The highest BCUT2D eigenvalue weighted by Gasteiger charge is 2.28. The van der Waals surface area contributed by atoms with E-state index < -0.39 is 35.8 Å². The van der Waals surface area contributed by atoms with Crippen LogP contribution >= 0.6 is 45.9 Å². The fraction of sp³-hybridized carbons (Fsp3) is 0.308. The van der Waals surface area contributed by atoms with E-state index in [1.54, 1.807) is 95.1 Å². The van der Waals surface area contributed by atoms with Gasteiger partial charge in [0.15, 0.2) is 0 Å². The molecule has 0 aliphatic rings. The number of benzene rings is 2. The molecule has 6 N–H and O–H groups in total. The molecule has 20 nitrogen and oxygen atoms in total. The van der Waals surface area contributed by atoms with Crippen LogP contribution < -0.4 is 41.4 Å². The van der Waals surface area contributed by atoms with Gasteiger partial charge in [-0.25, -0.2) is 29.5 Å². The first-order valence-corrected chi connectivity index (χ1v) is 25.7. The van der Waals surface area contributed by atoms with Crippen LogP contribution in [0.4, 0.5) is 11.9 Å². The number of ether oxygens (including phenoxy) is 4. The van der Waals surface area contributed by atoms with Gasteiger partial charge in [0.25, 0.3) is 23.6 Å². The number of carbonyl (C=O) groups is 6. The highest BCUT2D eigenvalue weighted by atomic mass is 35.5. The molecule has 0 aliphatic heterocycles. The molecule has 0 radical (unpaired) electrons. The summed E-state index contributed by atoms with van der Waals surface area (Å²) in [4.78, 5) is 93.6. The minimum absolute atomic E-state index is 0.134. The Balaban J connectivity index is 0.000000281. The summed E-state index contributed by atoms with van der Waals surface area (Å²) in [6.45, 7) is 7.23. The minimum Gasteiger partial charge on any atom is -0.497 e. The van der Waals surface area contributed by atoms with Crippen LogP contribution in [0, 0.1) is 39.5 Å². The molecule has 4 heterocycles. The van der Waals surface area contributed by atoms with Crippen molar-refractivity contribution < 1.29 is 47.7 Å². The number of aromatic nitrogens is 4. The molecule has 0 unspecified atom stereocenters. The molecule has 6 aromatic rings. The maximum Gasteiger partial charge on any atom is 0.330 e. The first-order valence-electron chi connectivity index (χ1n) is 23.2. The van der Waals surface area contributed by atoms with Gasteiger partial charge in [-0.2, -0.15) is 0 Å². The van der Waals surface area contributed by atoms with Gasteiger partial charge in [0.1, 0.15) is 23.6 Å². The molecule has 2 aromatic carbocycles. The lowest BCUT2D eigenvalue weighted by atomic mass is 10.1. The van der Waals surface area contributed by atoms with Crippen molar-refractivity contribution in [3.05, 3.63) is 136 Å². The second-order valence-electron chi connectivity index (χ2n) is 16.1. The predicted octanol–water partition coefficient (Wildman–Crippen LogP) is 6.54. The highest BCUT2D eigenvalue weighted by Crippen LogP contribution is 2.24. The lowest BCUT2D eigenvalue weighted by molar-refractivity contribution is -0.143. The van der Waals surface area contributed by atoms with Crippen molar-refractivity contribution in [2.24, 2.45) is 0 Å². The van der Waals surface area contributed by atoms with Crippen LogP contribution in [-0.4, -0.2) is 122 Å². The number of rotatable bonds is 21. The zero-order chi connectivity index (χ0) is 55.3. The molecule has 4 amide bonds. The predicted molar refractivity (Wildman–Crippen MR) is 291 cm³/mol. The molecular formula is C52H56Cl2N10O10S2. The van der Waals surface area contributed by atoms with E-state index >= 15 is 0 Å². The average Bonchev–Trinajstić information content (AvgIpc) is 4.16. The van der Waals surface area contributed by atoms with E-state index in [0.29, 0.717) is 66.4 Å². The van der Waals surface area contributed by atoms with E-state index in [-0.39, 0.29) is 48.5 Å². The topological polar surface area (TPSA) is 263 Å². The zero-order valence-corrected chi connectivity index (χ0v) is 45.9. The number of nitrogens with one attached hydrogen (secondary N) is 6. The normalized spacial score (nSPS) is 11.2. The monoisotopic (exact) mass is 1110 g/mol. The number of amides is 4. The molecule has 2 atom stereocenters. The number of nitrogens with zero attached hydrogens (tertiary/aromatic N) is 4. The Labute approximate surface area is 457 Å². The third-order valence-corrected chi connectivity index (χ3v) is 13.3. The number of halogens is 2. The number of hydrogen-bond acceptors (Lipinski definition) is 18. The minimum atomic E-state index is -1.10. The molecular weight excluding hydrogens is 1060 g/mol. The molecule has 0 fully saturated rings. The molecule has 24 heteroatoms. The van der Waals surface area contributed by atoms with Crippen molar-refractivity contribution in [3.8, 4) is 23.3 Å². The molecule has 400 valence electrons. The largest absolute Gasteiger partial charge is 0.497 e. The Morgan fingerprint density at radius 3 is 1.51 bits per heavy atom. The van der Waals surface area contributed by atoms with Gasteiger partial charge in [-0.05, 0) is 105 Å². The number of anilines is 2. The third kappa shape index (κ3) is 17.1. The molecule has 0 aliphatic carbocycles. The number of methoxy groups -OCH3 is 4. The van der Waals surface area contributed by atoms with Crippen molar-refractivity contribution >= 4 is 93.3 Å². The van der Waals surface area contributed by atoms with Crippen molar-refractivity contribution in [1.29, 1.82) is 0 Å². The van der Waals surface area contributed by atoms with Crippen molar-refractivity contribution in [1.82, 2.24) is 41.2 Å². The SMILES string of the molecule is COC(=O)[C@H](CNC(=O)c1cccs1)NC(=O)c1c(C)nc(NCC#Cc2cc(OC)ccc2Cl)nc1C.COC(=O)[C@H](CNC(=O)c1cccs1)NC(=O)c1c(C)nc(NCCCc2cc(OC)ccc2Cl)nc1C. The number of thiophene rings is 2. The standard InChI is InChI=1S/C26H30ClN5O5S.C26H26ClN5O5S/c2*1-15-22(24(34)32-20(25(35)37-4)14-29-23(33)21-8-6-12-38-21)16(2)31-26(30-15)28-11-5-7-17-13-18(36-3)9-10-19(17)27/h6,8-10,12-13,20H,5,7,11,14H2,1-4H3,(H,29,33)(H,32,34)(H,28,30,31);6,8-10,12-13,20H,11,14H2,1-4H3,(H,29,33)(H,32,34)(H,28,30,31)/t2*20-/m00/s1. The number of aryl methyl sites for hydroxylation is 5. The van der Waals surface area contributed by atoms with Crippen molar-refractivity contribution in [2.75, 3.05) is 65.3 Å². The van der Waals surface area contributed by atoms with Crippen molar-refractivity contribution in [2.45, 2.75) is 52.6 Å². The maximum absolute atomic E-state index is 13.1. The van der Waals surface area contributed by atoms with Crippen LogP contribution in [0.3, 0.4) is 0 Å². The number of carbonyl (C=O) groups excluding carboxylic acids is 6. The fourth-order valence-electron chi connectivity index (χ4n) is 7.10. The molecule has 0 spiro atoms. The zero-order valence-electron chi connectivity index (χ0n) is 42.8. The molecule has 0 saturated carbocycles.